The van der Waals surface area contributed by atoms with Crippen LogP contribution in [-0.4, -0.2) is 103 Å². The number of fused-ring (bicyclic) bond motifs is 2. The summed E-state index contributed by atoms with van der Waals surface area (Å²) in [4.78, 5) is 59.9. The maximum atomic E-state index is 13.2. The zero-order chi connectivity index (χ0) is 42.8. The third-order valence-corrected chi connectivity index (χ3v) is 9.50. The Labute approximate surface area is 348 Å². The molecule has 0 spiro atoms. The summed E-state index contributed by atoms with van der Waals surface area (Å²) in [6, 6.07) is 22.8. The van der Waals surface area contributed by atoms with Gasteiger partial charge in [0.15, 0.2) is 51.3 Å². The van der Waals surface area contributed by atoms with Crippen LogP contribution in [0.1, 0.15) is 62.3 Å². The Morgan fingerprint density at radius 3 is 1.67 bits per heavy atom. The van der Waals surface area contributed by atoms with Crippen molar-refractivity contribution in [2.45, 2.75) is 32.1 Å². The standard InChI is InChI=1S/C28H29N3O5.C18H20N4O2/c1-31(2)12-6-7-22(32)20-13-18(15-23(33)19-9-10-24(34-3)26(17-19)35-4)14-21(16-20)28-30-27-25(36-28)8-5-11-29-27;1-22(2)8-4-5-15(23)12-9-13(11-14(19)10-12)18-21-17-16(24-18)6-3-7-20-17/h5,8-11,13-14,16-17H,6-7,12,15H2,1-4H3;3,6-7,9-11H,4-5,8,19H2,1-2H3. The summed E-state index contributed by atoms with van der Waals surface area (Å²) in [6.07, 6.45) is 5.83. The number of hydrogen-bond acceptors (Lipinski definition) is 14. The molecule has 0 aliphatic rings. The molecule has 0 saturated carbocycles. The van der Waals surface area contributed by atoms with Gasteiger partial charge in [-0.3, -0.25) is 14.4 Å². The molecular weight excluding hydrogens is 763 g/mol. The van der Waals surface area contributed by atoms with E-state index in [0.29, 0.717) is 97.7 Å². The number of carbonyl (C=O) groups is 3. The first-order valence-corrected chi connectivity index (χ1v) is 19.5. The summed E-state index contributed by atoms with van der Waals surface area (Å²) in [7, 11) is 11.0. The van der Waals surface area contributed by atoms with E-state index in [1.165, 1.54) is 7.11 Å². The zero-order valence-corrected chi connectivity index (χ0v) is 34.7. The summed E-state index contributed by atoms with van der Waals surface area (Å²) < 4.78 is 22.2. The highest BCUT2D eigenvalue weighted by atomic mass is 16.5. The van der Waals surface area contributed by atoms with Crippen LogP contribution in [0.25, 0.3) is 45.4 Å². The monoisotopic (exact) mass is 811 g/mol. The lowest BCUT2D eigenvalue weighted by atomic mass is 9.96. The number of aromatic nitrogens is 4. The van der Waals surface area contributed by atoms with Crippen molar-refractivity contribution in [1.29, 1.82) is 0 Å². The molecule has 7 rings (SSSR count). The number of benzene rings is 3. The fourth-order valence-electron chi connectivity index (χ4n) is 6.50. The molecule has 7 aromatic rings. The van der Waals surface area contributed by atoms with Crippen molar-refractivity contribution in [3.05, 3.63) is 114 Å². The van der Waals surface area contributed by atoms with Crippen molar-refractivity contribution in [3.8, 4) is 34.4 Å². The Bertz CT molecular complexity index is 2550. The molecule has 4 aromatic heterocycles. The minimum atomic E-state index is -0.113. The topological polar surface area (TPSA) is 180 Å². The molecule has 310 valence electrons. The number of anilines is 1. The number of oxazole rings is 2. The van der Waals surface area contributed by atoms with Crippen molar-refractivity contribution >= 4 is 45.5 Å². The summed E-state index contributed by atoms with van der Waals surface area (Å²) >= 11 is 0. The molecule has 14 nitrogen and oxygen atoms in total. The van der Waals surface area contributed by atoms with Gasteiger partial charge in [-0.05, 0) is 139 Å². The van der Waals surface area contributed by atoms with Crippen LogP contribution in [0.4, 0.5) is 5.69 Å². The number of carbonyl (C=O) groups excluding carboxylic acids is 3. The number of methoxy groups -OCH3 is 2. The highest BCUT2D eigenvalue weighted by molar-refractivity contribution is 6.00. The zero-order valence-electron chi connectivity index (χ0n) is 34.7. The number of Topliss-reactive ketones (excluding diaryl/α,β-unsaturated/α-hetero) is 3. The van der Waals surface area contributed by atoms with Gasteiger partial charge < -0.3 is 33.8 Å². The number of nitrogens with zero attached hydrogens (tertiary/aromatic N) is 6. The third-order valence-electron chi connectivity index (χ3n) is 9.50. The molecule has 0 fully saturated rings. The third kappa shape index (κ3) is 11.0. The average Bonchev–Trinajstić information content (AvgIpc) is 3.88. The van der Waals surface area contributed by atoms with E-state index in [1.807, 2.05) is 39.2 Å². The van der Waals surface area contributed by atoms with Crippen LogP contribution in [0.2, 0.25) is 0 Å². The maximum absolute atomic E-state index is 13.2. The van der Waals surface area contributed by atoms with Crippen LogP contribution in [0.5, 0.6) is 11.5 Å². The smallest absolute Gasteiger partial charge is 0.228 e. The lowest BCUT2D eigenvalue weighted by Gasteiger charge is -2.11. The van der Waals surface area contributed by atoms with Crippen LogP contribution in [-0.2, 0) is 6.42 Å². The highest BCUT2D eigenvalue weighted by Gasteiger charge is 2.18. The van der Waals surface area contributed by atoms with E-state index in [0.717, 1.165) is 25.9 Å². The van der Waals surface area contributed by atoms with Crippen molar-refractivity contribution < 1.29 is 32.7 Å². The fraction of sp³-hybridized carbons (Fsp3) is 0.283. The Balaban J connectivity index is 0.000000218. The van der Waals surface area contributed by atoms with E-state index in [9.17, 15) is 14.4 Å². The second-order valence-corrected chi connectivity index (χ2v) is 14.8. The Morgan fingerprint density at radius 2 is 1.15 bits per heavy atom. The van der Waals surface area contributed by atoms with Gasteiger partial charge in [-0.15, -0.1) is 0 Å². The molecular formula is C46H49N7O7. The van der Waals surface area contributed by atoms with Crippen LogP contribution in [0, 0.1) is 0 Å². The number of pyridine rings is 2. The normalized spacial score (nSPS) is 11.2. The fourth-order valence-corrected chi connectivity index (χ4v) is 6.50. The highest BCUT2D eigenvalue weighted by Crippen LogP contribution is 2.30. The Morgan fingerprint density at radius 1 is 0.617 bits per heavy atom. The quantitative estimate of drug-likeness (QED) is 0.0694. The number of ether oxygens (including phenoxy) is 2. The van der Waals surface area contributed by atoms with Crippen molar-refractivity contribution in [3.63, 3.8) is 0 Å². The van der Waals surface area contributed by atoms with Crippen LogP contribution >= 0.6 is 0 Å². The van der Waals surface area contributed by atoms with Crippen LogP contribution in [0.15, 0.2) is 100 Å². The lowest BCUT2D eigenvalue weighted by Crippen LogP contribution is -2.14. The van der Waals surface area contributed by atoms with E-state index < -0.39 is 0 Å². The second-order valence-electron chi connectivity index (χ2n) is 14.8. The molecule has 0 unspecified atom stereocenters. The molecule has 14 heteroatoms. The van der Waals surface area contributed by atoms with Gasteiger partial charge in [-0.25, -0.2) is 9.97 Å². The van der Waals surface area contributed by atoms with E-state index in [-0.39, 0.29) is 23.8 Å². The molecule has 0 aliphatic heterocycles. The molecule has 0 amide bonds. The predicted molar refractivity (Wildman–Crippen MR) is 231 cm³/mol. The molecule has 0 aliphatic carbocycles. The molecule has 0 atom stereocenters. The van der Waals surface area contributed by atoms with Crippen molar-refractivity contribution in [1.82, 2.24) is 29.7 Å². The van der Waals surface area contributed by atoms with Crippen LogP contribution in [0.3, 0.4) is 0 Å². The molecule has 3 aromatic carbocycles. The minimum Gasteiger partial charge on any atom is -0.493 e. The van der Waals surface area contributed by atoms with Gasteiger partial charge in [0.25, 0.3) is 0 Å². The first kappa shape index (κ1) is 42.8. The summed E-state index contributed by atoms with van der Waals surface area (Å²) in [5.41, 5.74) is 12.3. The molecule has 60 heavy (non-hydrogen) atoms. The van der Waals surface area contributed by atoms with E-state index in [2.05, 4.69) is 24.8 Å². The van der Waals surface area contributed by atoms with Gasteiger partial charge in [0.05, 0.1) is 14.2 Å². The summed E-state index contributed by atoms with van der Waals surface area (Å²) in [5.74, 6) is 1.76. The number of ketones is 3. The van der Waals surface area contributed by atoms with Gasteiger partial charge >= 0.3 is 0 Å². The Kier molecular flexibility index (Phi) is 14.1. The van der Waals surface area contributed by atoms with Gasteiger partial charge in [-0.2, -0.15) is 9.97 Å². The number of hydrogen-bond donors (Lipinski definition) is 1. The largest absolute Gasteiger partial charge is 0.493 e. The first-order chi connectivity index (χ1) is 28.9. The lowest BCUT2D eigenvalue weighted by molar-refractivity contribution is 0.0968. The van der Waals surface area contributed by atoms with Crippen molar-refractivity contribution in [2.75, 3.05) is 61.2 Å². The SMILES string of the molecule is CN(C)CCCC(=O)c1cc(N)cc(-c2nc3ncccc3o2)c1.COc1ccc(C(=O)Cc2cc(C(=O)CCCN(C)C)cc(-c3nc4ncccc4o3)c2)cc1OC. The van der Waals surface area contributed by atoms with Gasteiger partial charge in [-0.1, -0.05) is 0 Å². The van der Waals surface area contributed by atoms with E-state index >= 15 is 0 Å². The average molecular weight is 812 g/mol. The molecule has 4 heterocycles. The first-order valence-electron chi connectivity index (χ1n) is 19.5. The molecule has 2 N–H and O–H groups in total. The number of rotatable bonds is 17. The maximum Gasteiger partial charge on any atom is 0.228 e. The molecule has 0 radical (unpaired) electrons. The van der Waals surface area contributed by atoms with Crippen LogP contribution < -0.4 is 15.2 Å². The molecule has 0 bridgehead atoms. The summed E-state index contributed by atoms with van der Waals surface area (Å²) in [6.45, 7) is 1.69. The van der Waals surface area contributed by atoms with E-state index in [1.54, 1.807) is 92.3 Å². The van der Waals surface area contributed by atoms with Crippen molar-refractivity contribution in [2.24, 2.45) is 0 Å². The number of nitrogens with two attached hydrogens (primary N) is 1. The van der Waals surface area contributed by atoms with Gasteiger partial charge in [0.1, 0.15) is 0 Å². The Hall–Kier alpha value is -6.77. The summed E-state index contributed by atoms with van der Waals surface area (Å²) in [5, 5.41) is 0. The second kappa shape index (κ2) is 19.8. The minimum absolute atomic E-state index is 0.00718. The van der Waals surface area contributed by atoms with Gasteiger partial charge in [0.2, 0.25) is 11.8 Å². The number of nitrogen functional groups attached to an aromatic ring is 1. The molecule has 0 saturated heterocycles. The predicted octanol–water partition coefficient (Wildman–Crippen LogP) is 7.85. The van der Waals surface area contributed by atoms with E-state index in [4.69, 9.17) is 24.0 Å². The van der Waals surface area contributed by atoms with Gasteiger partial charge in [0, 0.05) is 65.2 Å².